The standard InChI is InChI=1S/C14H14Cl2N6O2/c15-11-5-10(6-12(16)7-11)14(24)21-3-1-20(2-4-21)13(23)8-22-9-17-18-19-22/h5-7,9H,1-4,8H2. The lowest BCUT2D eigenvalue weighted by Gasteiger charge is -2.34. The van der Waals surface area contributed by atoms with E-state index in [1.54, 1.807) is 28.0 Å². The fraction of sp³-hybridized carbons (Fsp3) is 0.357. The Morgan fingerprint density at radius 3 is 2.21 bits per heavy atom. The molecular weight excluding hydrogens is 355 g/mol. The van der Waals surface area contributed by atoms with Crippen molar-refractivity contribution in [3.63, 3.8) is 0 Å². The first-order valence-corrected chi connectivity index (χ1v) is 8.02. The van der Waals surface area contributed by atoms with Crippen LogP contribution < -0.4 is 0 Å². The highest BCUT2D eigenvalue weighted by Crippen LogP contribution is 2.20. The van der Waals surface area contributed by atoms with Crippen LogP contribution in [0.15, 0.2) is 24.5 Å². The molecule has 0 saturated carbocycles. The minimum atomic E-state index is -0.146. The molecule has 2 amide bonds. The van der Waals surface area contributed by atoms with E-state index in [-0.39, 0.29) is 18.4 Å². The summed E-state index contributed by atoms with van der Waals surface area (Å²) in [4.78, 5) is 28.1. The summed E-state index contributed by atoms with van der Waals surface area (Å²) < 4.78 is 1.37. The Labute approximate surface area is 147 Å². The summed E-state index contributed by atoms with van der Waals surface area (Å²) in [6, 6.07) is 4.76. The van der Waals surface area contributed by atoms with Crippen LogP contribution in [0.3, 0.4) is 0 Å². The highest BCUT2D eigenvalue weighted by atomic mass is 35.5. The van der Waals surface area contributed by atoms with E-state index in [0.29, 0.717) is 41.8 Å². The monoisotopic (exact) mass is 368 g/mol. The predicted octanol–water partition coefficient (Wildman–Crippen LogP) is 0.965. The van der Waals surface area contributed by atoms with Gasteiger partial charge in [-0.3, -0.25) is 9.59 Å². The van der Waals surface area contributed by atoms with E-state index >= 15 is 0 Å². The molecule has 0 spiro atoms. The van der Waals surface area contributed by atoms with Crippen LogP contribution in [-0.4, -0.2) is 68.0 Å². The lowest BCUT2D eigenvalue weighted by atomic mass is 10.2. The first-order valence-electron chi connectivity index (χ1n) is 7.27. The van der Waals surface area contributed by atoms with E-state index in [2.05, 4.69) is 15.5 Å². The number of rotatable bonds is 3. The van der Waals surface area contributed by atoms with Crippen LogP contribution in [0.2, 0.25) is 10.0 Å². The summed E-state index contributed by atoms with van der Waals surface area (Å²) in [7, 11) is 0. The molecule has 1 fully saturated rings. The maximum atomic E-state index is 12.5. The van der Waals surface area contributed by atoms with Crippen LogP contribution in [0.25, 0.3) is 0 Å². The lowest BCUT2D eigenvalue weighted by molar-refractivity contribution is -0.133. The Morgan fingerprint density at radius 1 is 1.00 bits per heavy atom. The number of carbonyl (C=O) groups is 2. The molecule has 1 aromatic heterocycles. The number of halogens is 2. The molecule has 0 radical (unpaired) electrons. The summed E-state index contributed by atoms with van der Waals surface area (Å²) in [5.41, 5.74) is 0.445. The van der Waals surface area contributed by atoms with Gasteiger partial charge >= 0.3 is 0 Å². The van der Waals surface area contributed by atoms with Crippen LogP contribution in [0.4, 0.5) is 0 Å². The number of hydrogen-bond acceptors (Lipinski definition) is 5. The second-order valence-electron chi connectivity index (χ2n) is 5.34. The van der Waals surface area contributed by atoms with E-state index in [1.165, 1.54) is 11.0 Å². The van der Waals surface area contributed by atoms with Gasteiger partial charge in [0, 0.05) is 41.8 Å². The number of hydrogen-bond donors (Lipinski definition) is 0. The fourth-order valence-corrected chi connectivity index (χ4v) is 3.04. The van der Waals surface area contributed by atoms with Gasteiger partial charge in [-0.25, -0.2) is 4.68 Å². The molecule has 10 heteroatoms. The second kappa shape index (κ2) is 7.14. The number of nitrogens with zero attached hydrogens (tertiary/aromatic N) is 6. The number of piperazine rings is 1. The minimum absolute atomic E-state index is 0.0831. The van der Waals surface area contributed by atoms with Crippen molar-refractivity contribution < 1.29 is 9.59 Å². The maximum absolute atomic E-state index is 12.5. The van der Waals surface area contributed by atoms with Crippen molar-refractivity contribution in [3.8, 4) is 0 Å². The second-order valence-corrected chi connectivity index (χ2v) is 6.21. The highest BCUT2D eigenvalue weighted by molar-refractivity contribution is 6.35. The molecule has 2 aromatic rings. The normalized spacial score (nSPS) is 14.8. The van der Waals surface area contributed by atoms with Crippen LogP contribution in [0.1, 0.15) is 10.4 Å². The summed E-state index contributed by atoms with van der Waals surface area (Å²) in [6.45, 7) is 1.90. The Bertz CT molecular complexity index is 723. The number of carbonyl (C=O) groups excluding carboxylic acids is 2. The summed E-state index contributed by atoms with van der Waals surface area (Å²) in [5, 5.41) is 11.5. The van der Waals surface area contributed by atoms with E-state index in [9.17, 15) is 9.59 Å². The fourth-order valence-electron chi connectivity index (χ4n) is 2.51. The Balaban J connectivity index is 1.58. The number of aromatic nitrogens is 4. The zero-order valence-corrected chi connectivity index (χ0v) is 14.1. The van der Waals surface area contributed by atoms with E-state index in [0.717, 1.165) is 0 Å². The number of amides is 2. The summed E-state index contributed by atoms with van der Waals surface area (Å²) in [6.07, 6.45) is 1.39. The predicted molar refractivity (Wildman–Crippen MR) is 86.8 cm³/mol. The largest absolute Gasteiger partial charge is 0.338 e. The van der Waals surface area contributed by atoms with Gasteiger partial charge < -0.3 is 9.80 Å². The maximum Gasteiger partial charge on any atom is 0.254 e. The van der Waals surface area contributed by atoms with Crippen LogP contribution in [-0.2, 0) is 11.3 Å². The van der Waals surface area contributed by atoms with Gasteiger partial charge in [0.15, 0.2) is 0 Å². The van der Waals surface area contributed by atoms with Gasteiger partial charge in [-0.15, -0.1) is 5.10 Å². The Kier molecular flexibility index (Phi) is 4.96. The molecule has 1 aliphatic heterocycles. The lowest BCUT2D eigenvalue weighted by Crippen LogP contribution is -2.51. The summed E-state index contributed by atoms with van der Waals surface area (Å²) >= 11 is 11.9. The SMILES string of the molecule is O=C(Cn1cnnn1)N1CCN(C(=O)c2cc(Cl)cc(Cl)c2)CC1. The van der Waals surface area contributed by atoms with Crippen molar-refractivity contribution in [3.05, 3.63) is 40.1 Å². The molecule has 0 aliphatic carbocycles. The van der Waals surface area contributed by atoms with Gasteiger partial charge in [-0.2, -0.15) is 0 Å². The highest BCUT2D eigenvalue weighted by Gasteiger charge is 2.25. The van der Waals surface area contributed by atoms with Crippen molar-refractivity contribution >= 4 is 35.0 Å². The van der Waals surface area contributed by atoms with E-state index in [4.69, 9.17) is 23.2 Å². The molecule has 1 aliphatic rings. The van der Waals surface area contributed by atoms with Crippen molar-refractivity contribution in [2.75, 3.05) is 26.2 Å². The molecule has 3 rings (SSSR count). The zero-order chi connectivity index (χ0) is 17.1. The quantitative estimate of drug-likeness (QED) is 0.805. The van der Waals surface area contributed by atoms with Crippen LogP contribution in [0.5, 0.6) is 0 Å². The average Bonchev–Trinajstić information content (AvgIpc) is 3.06. The first-order chi connectivity index (χ1) is 11.5. The van der Waals surface area contributed by atoms with E-state index in [1.807, 2.05) is 0 Å². The van der Waals surface area contributed by atoms with Crippen molar-refractivity contribution in [2.45, 2.75) is 6.54 Å². The smallest absolute Gasteiger partial charge is 0.254 e. The molecule has 24 heavy (non-hydrogen) atoms. The van der Waals surface area contributed by atoms with E-state index < -0.39 is 0 Å². The molecule has 0 atom stereocenters. The van der Waals surface area contributed by atoms with Crippen LogP contribution >= 0.6 is 23.2 Å². The van der Waals surface area contributed by atoms with Gasteiger partial charge in [0.25, 0.3) is 5.91 Å². The third-order valence-electron chi connectivity index (χ3n) is 3.72. The van der Waals surface area contributed by atoms with Gasteiger partial charge in [0.1, 0.15) is 12.9 Å². The van der Waals surface area contributed by atoms with Gasteiger partial charge in [0.05, 0.1) is 0 Å². The van der Waals surface area contributed by atoms with Crippen molar-refractivity contribution in [2.24, 2.45) is 0 Å². The van der Waals surface area contributed by atoms with Gasteiger partial charge in [0.2, 0.25) is 5.91 Å². The molecule has 0 unspecified atom stereocenters. The molecule has 1 aromatic carbocycles. The van der Waals surface area contributed by atoms with Gasteiger partial charge in [-0.05, 0) is 28.6 Å². The first kappa shape index (κ1) is 16.7. The van der Waals surface area contributed by atoms with Crippen molar-refractivity contribution in [1.82, 2.24) is 30.0 Å². The molecule has 2 heterocycles. The number of benzene rings is 1. The molecule has 1 saturated heterocycles. The third kappa shape index (κ3) is 3.82. The zero-order valence-electron chi connectivity index (χ0n) is 12.6. The Hall–Kier alpha value is -2.19. The average molecular weight is 369 g/mol. The molecule has 126 valence electrons. The molecular formula is C14H14Cl2N6O2. The topological polar surface area (TPSA) is 84.2 Å². The molecule has 0 bridgehead atoms. The van der Waals surface area contributed by atoms with Crippen LogP contribution in [0, 0.1) is 0 Å². The summed E-state index contributed by atoms with van der Waals surface area (Å²) in [5.74, 6) is -0.229. The minimum Gasteiger partial charge on any atom is -0.338 e. The number of tetrazole rings is 1. The molecule has 8 nitrogen and oxygen atoms in total. The van der Waals surface area contributed by atoms with Crippen molar-refractivity contribution in [1.29, 1.82) is 0 Å². The Morgan fingerprint density at radius 2 is 1.62 bits per heavy atom. The molecule has 0 N–H and O–H groups in total. The van der Waals surface area contributed by atoms with Gasteiger partial charge in [-0.1, -0.05) is 23.2 Å². The third-order valence-corrected chi connectivity index (χ3v) is 4.15.